The van der Waals surface area contributed by atoms with Gasteiger partial charge in [-0.1, -0.05) is 42.5 Å². The van der Waals surface area contributed by atoms with Gasteiger partial charge in [0, 0.05) is 19.5 Å². The summed E-state index contributed by atoms with van der Waals surface area (Å²) in [5.74, 6) is -0.0296. The molecule has 0 bridgehead atoms. The fraction of sp³-hybridized carbons (Fsp3) is 0.286. The standard InChI is InChI=1S/C21H22N4O2/c1-15-21(24-25(23-15)18-5-3-2-4-6-18)19(26)13-16-7-9-17(10-8-16)20-14-22-11-12-27-20/h2-10,20,22H,11-14H2,1H3/t20-/m0/s1. The van der Waals surface area contributed by atoms with Gasteiger partial charge in [-0.3, -0.25) is 4.79 Å². The maximum atomic E-state index is 12.7. The third kappa shape index (κ3) is 3.97. The van der Waals surface area contributed by atoms with Crippen LogP contribution in [0.3, 0.4) is 0 Å². The van der Waals surface area contributed by atoms with Crippen molar-refractivity contribution >= 4 is 5.78 Å². The number of benzene rings is 2. The van der Waals surface area contributed by atoms with Crippen molar-refractivity contribution in [3.63, 3.8) is 0 Å². The molecule has 1 aromatic heterocycles. The fourth-order valence-electron chi connectivity index (χ4n) is 3.21. The van der Waals surface area contributed by atoms with Crippen LogP contribution in [0, 0.1) is 6.92 Å². The van der Waals surface area contributed by atoms with Crippen LogP contribution in [0.4, 0.5) is 0 Å². The van der Waals surface area contributed by atoms with Crippen molar-refractivity contribution in [1.29, 1.82) is 0 Å². The lowest BCUT2D eigenvalue weighted by Gasteiger charge is -2.24. The molecule has 4 rings (SSSR count). The first kappa shape index (κ1) is 17.6. The van der Waals surface area contributed by atoms with Crippen LogP contribution in [0.5, 0.6) is 0 Å². The van der Waals surface area contributed by atoms with Crippen molar-refractivity contribution < 1.29 is 9.53 Å². The first-order chi connectivity index (χ1) is 13.2. The highest BCUT2D eigenvalue weighted by atomic mass is 16.5. The van der Waals surface area contributed by atoms with Crippen LogP contribution in [0.1, 0.15) is 33.4 Å². The quantitative estimate of drug-likeness (QED) is 0.707. The lowest BCUT2D eigenvalue weighted by molar-refractivity contribution is 0.0277. The van der Waals surface area contributed by atoms with E-state index in [0.29, 0.717) is 17.8 Å². The molecule has 138 valence electrons. The molecule has 0 amide bonds. The Bertz CT molecular complexity index is 913. The zero-order valence-corrected chi connectivity index (χ0v) is 15.3. The number of nitrogens with one attached hydrogen (secondary N) is 1. The first-order valence-electron chi connectivity index (χ1n) is 9.14. The van der Waals surface area contributed by atoms with E-state index < -0.39 is 0 Å². The Labute approximate surface area is 158 Å². The van der Waals surface area contributed by atoms with E-state index in [-0.39, 0.29) is 11.9 Å². The second kappa shape index (κ2) is 7.82. The maximum Gasteiger partial charge on any atom is 0.189 e. The number of ketones is 1. The van der Waals surface area contributed by atoms with Gasteiger partial charge in [-0.2, -0.15) is 9.90 Å². The Morgan fingerprint density at radius 2 is 1.93 bits per heavy atom. The molecule has 0 spiro atoms. The highest BCUT2D eigenvalue weighted by Gasteiger charge is 2.18. The van der Waals surface area contributed by atoms with Gasteiger partial charge in [-0.05, 0) is 30.2 Å². The number of para-hydroxylation sites is 1. The van der Waals surface area contributed by atoms with E-state index in [1.165, 1.54) is 4.80 Å². The summed E-state index contributed by atoms with van der Waals surface area (Å²) in [5.41, 5.74) is 3.99. The number of carbonyl (C=O) groups excluding carboxylic acids is 1. The number of aromatic nitrogens is 3. The zero-order chi connectivity index (χ0) is 18.6. The molecule has 6 nitrogen and oxygen atoms in total. The molecule has 1 saturated heterocycles. The molecule has 0 unspecified atom stereocenters. The Balaban J connectivity index is 1.47. The minimum absolute atomic E-state index is 0.0296. The molecule has 0 radical (unpaired) electrons. The van der Waals surface area contributed by atoms with Crippen LogP contribution in [-0.4, -0.2) is 40.5 Å². The van der Waals surface area contributed by atoms with Gasteiger partial charge in [0.1, 0.15) is 0 Å². The number of aryl methyl sites for hydroxylation is 1. The molecule has 2 aromatic carbocycles. The summed E-state index contributed by atoms with van der Waals surface area (Å²) in [4.78, 5) is 14.2. The Hall–Kier alpha value is -2.83. The van der Waals surface area contributed by atoms with Gasteiger partial charge in [0.2, 0.25) is 0 Å². The van der Waals surface area contributed by atoms with E-state index in [1.807, 2.05) is 61.5 Å². The molecule has 1 aliphatic rings. The third-order valence-corrected chi connectivity index (χ3v) is 4.68. The van der Waals surface area contributed by atoms with E-state index in [0.717, 1.165) is 36.5 Å². The molecular formula is C21H22N4O2. The highest BCUT2D eigenvalue weighted by Crippen LogP contribution is 2.20. The van der Waals surface area contributed by atoms with Gasteiger partial charge < -0.3 is 10.1 Å². The van der Waals surface area contributed by atoms with Crippen molar-refractivity contribution in [3.8, 4) is 5.69 Å². The van der Waals surface area contributed by atoms with Gasteiger partial charge in [-0.25, -0.2) is 0 Å². The minimum atomic E-state index is -0.0296. The summed E-state index contributed by atoms with van der Waals surface area (Å²) in [5, 5.41) is 12.1. The number of hydrogen-bond acceptors (Lipinski definition) is 5. The average molecular weight is 362 g/mol. The Morgan fingerprint density at radius 3 is 2.63 bits per heavy atom. The predicted molar refractivity (Wildman–Crippen MR) is 102 cm³/mol. The molecule has 1 fully saturated rings. The van der Waals surface area contributed by atoms with Crippen molar-refractivity contribution in [2.45, 2.75) is 19.4 Å². The van der Waals surface area contributed by atoms with E-state index >= 15 is 0 Å². The third-order valence-electron chi connectivity index (χ3n) is 4.68. The number of rotatable bonds is 5. The van der Waals surface area contributed by atoms with Gasteiger partial charge in [0.05, 0.1) is 24.1 Å². The molecule has 3 aromatic rings. The number of ether oxygens (including phenoxy) is 1. The topological polar surface area (TPSA) is 69.0 Å². The molecule has 0 aliphatic carbocycles. The molecule has 0 saturated carbocycles. The minimum Gasteiger partial charge on any atom is -0.371 e. The van der Waals surface area contributed by atoms with Crippen LogP contribution in [0.15, 0.2) is 54.6 Å². The molecule has 1 atom stereocenters. The Kier molecular flexibility index (Phi) is 5.09. The summed E-state index contributed by atoms with van der Waals surface area (Å²) >= 11 is 0. The number of hydrogen-bond donors (Lipinski definition) is 1. The molecule has 1 N–H and O–H groups in total. The fourth-order valence-corrected chi connectivity index (χ4v) is 3.21. The zero-order valence-electron chi connectivity index (χ0n) is 15.3. The van der Waals surface area contributed by atoms with Gasteiger partial charge >= 0.3 is 0 Å². The molecule has 6 heteroatoms. The van der Waals surface area contributed by atoms with Gasteiger partial charge in [0.25, 0.3) is 0 Å². The second-order valence-corrected chi connectivity index (χ2v) is 6.66. The van der Waals surface area contributed by atoms with Crippen LogP contribution >= 0.6 is 0 Å². The van der Waals surface area contributed by atoms with E-state index in [2.05, 4.69) is 15.5 Å². The summed E-state index contributed by atoms with van der Waals surface area (Å²) in [7, 11) is 0. The monoisotopic (exact) mass is 362 g/mol. The summed E-state index contributed by atoms with van der Waals surface area (Å²) < 4.78 is 5.76. The number of morpholine rings is 1. The largest absolute Gasteiger partial charge is 0.371 e. The number of Topliss-reactive ketones (excluding diaryl/α,β-unsaturated/α-hetero) is 1. The number of nitrogens with zero attached hydrogens (tertiary/aromatic N) is 3. The van der Waals surface area contributed by atoms with E-state index in [4.69, 9.17) is 4.74 Å². The normalized spacial score (nSPS) is 17.0. The SMILES string of the molecule is Cc1nn(-c2ccccc2)nc1C(=O)Cc1ccc([C@@H]2CNCCO2)cc1. The van der Waals surface area contributed by atoms with Gasteiger partial charge in [-0.15, -0.1) is 5.10 Å². The first-order valence-corrected chi connectivity index (χ1v) is 9.14. The lowest BCUT2D eigenvalue weighted by atomic mass is 10.0. The molecule has 27 heavy (non-hydrogen) atoms. The second-order valence-electron chi connectivity index (χ2n) is 6.66. The summed E-state index contributed by atoms with van der Waals surface area (Å²) in [6.45, 7) is 4.25. The van der Waals surface area contributed by atoms with Crippen molar-refractivity contribution in [2.75, 3.05) is 19.7 Å². The van der Waals surface area contributed by atoms with Crippen LogP contribution < -0.4 is 5.32 Å². The van der Waals surface area contributed by atoms with Crippen molar-refractivity contribution in [1.82, 2.24) is 20.3 Å². The van der Waals surface area contributed by atoms with E-state index in [1.54, 1.807) is 0 Å². The van der Waals surface area contributed by atoms with Crippen LogP contribution in [0.2, 0.25) is 0 Å². The summed E-state index contributed by atoms with van der Waals surface area (Å²) in [6, 6.07) is 17.6. The van der Waals surface area contributed by atoms with Gasteiger partial charge in [0.15, 0.2) is 11.5 Å². The summed E-state index contributed by atoms with van der Waals surface area (Å²) in [6.07, 6.45) is 0.384. The van der Waals surface area contributed by atoms with E-state index in [9.17, 15) is 4.79 Å². The van der Waals surface area contributed by atoms with Crippen LogP contribution in [-0.2, 0) is 11.2 Å². The van der Waals surface area contributed by atoms with Crippen molar-refractivity contribution in [2.24, 2.45) is 0 Å². The average Bonchev–Trinajstić information content (AvgIpc) is 3.12. The molecular weight excluding hydrogens is 340 g/mol. The predicted octanol–water partition coefficient (Wildman–Crippen LogP) is 2.66. The smallest absolute Gasteiger partial charge is 0.189 e. The highest BCUT2D eigenvalue weighted by molar-refractivity contribution is 5.96. The lowest BCUT2D eigenvalue weighted by Crippen LogP contribution is -2.33. The Morgan fingerprint density at radius 1 is 1.15 bits per heavy atom. The van der Waals surface area contributed by atoms with Crippen molar-refractivity contribution in [3.05, 3.63) is 77.1 Å². The molecule has 1 aliphatic heterocycles. The maximum absolute atomic E-state index is 12.7. The molecule has 2 heterocycles. The van der Waals surface area contributed by atoms with Crippen LogP contribution in [0.25, 0.3) is 5.69 Å². The number of carbonyl (C=O) groups is 1.